The number of rotatable bonds is 3. The zero-order valence-corrected chi connectivity index (χ0v) is 11.4. The number of hydrogen-bond donors (Lipinski definition) is 1. The van der Waals surface area contributed by atoms with Crippen molar-refractivity contribution in [1.29, 1.82) is 0 Å². The van der Waals surface area contributed by atoms with Crippen molar-refractivity contribution in [2.75, 3.05) is 6.54 Å². The number of benzene rings is 1. The maximum Gasteiger partial charge on any atom is 0.230 e. The molecule has 0 bridgehead atoms. The Morgan fingerprint density at radius 1 is 1.32 bits per heavy atom. The lowest BCUT2D eigenvalue weighted by molar-refractivity contribution is -0.126. The summed E-state index contributed by atoms with van der Waals surface area (Å²) in [5.74, 6) is 0.216. The van der Waals surface area contributed by atoms with Crippen LogP contribution in [0.1, 0.15) is 24.5 Å². The van der Waals surface area contributed by atoms with Gasteiger partial charge < -0.3 is 9.88 Å². The van der Waals surface area contributed by atoms with E-state index >= 15 is 0 Å². The summed E-state index contributed by atoms with van der Waals surface area (Å²) in [4.78, 5) is 16.9. The largest absolute Gasteiger partial charge is 0.361 e. The van der Waals surface area contributed by atoms with Gasteiger partial charge >= 0.3 is 0 Å². The van der Waals surface area contributed by atoms with Gasteiger partial charge in [0.15, 0.2) is 0 Å². The summed E-state index contributed by atoms with van der Waals surface area (Å²) in [7, 11) is 0. The van der Waals surface area contributed by atoms with Crippen molar-refractivity contribution in [2.45, 2.75) is 26.7 Å². The monoisotopic (exact) mass is 254 g/mol. The van der Waals surface area contributed by atoms with E-state index in [9.17, 15) is 4.79 Å². The molecular formula is C16H18N2O. The molecule has 0 saturated carbocycles. The summed E-state index contributed by atoms with van der Waals surface area (Å²) >= 11 is 0. The summed E-state index contributed by atoms with van der Waals surface area (Å²) in [5, 5.41) is 1.26. The van der Waals surface area contributed by atoms with E-state index in [0.717, 1.165) is 18.5 Å². The fourth-order valence-corrected chi connectivity index (χ4v) is 2.66. The van der Waals surface area contributed by atoms with Gasteiger partial charge in [-0.25, -0.2) is 0 Å². The van der Waals surface area contributed by atoms with Gasteiger partial charge in [0.05, 0.1) is 0 Å². The van der Waals surface area contributed by atoms with Crippen molar-refractivity contribution in [2.24, 2.45) is 0 Å². The van der Waals surface area contributed by atoms with Crippen LogP contribution in [0.2, 0.25) is 0 Å². The number of carbonyl (C=O) groups is 1. The van der Waals surface area contributed by atoms with E-state index in [1.807, 2.05) is 18.0 Å². The van der Waals surface area contributed by atoms with Crippen molar-refractivity contribution >= 4 is 16.8 Å². The normalized spacial score (nSPS) is 15.4. The summed E-state index contributed by atoms with van der Waals surface area (Å²) in [5.41, 5.74) is 4.86. The molecular weight excluding hydrogens is 236 g/mol. The molecule has 2 heterocycles. The number of aryl methyl sites for hydroxylation is 1. The number of fused-ring (bicyclic) bond motifs is 1. The summed E-state index contributed by atoms with van der Waals surface area (Å²) in [6.07, 6.45) is 5.49. The third-order valence-electron chi connectivity index (χ3n) is 3.67. The second kappa shape index (κ2) is 4.57. The fraction of sp³-hybridized carbons (Fsp3) is 0.312. The van der Waals surface area contributed by atoms with Crippen molar-refractivity contribution in [1.82, 2.24) is 9.88 Å². The summed E-state index contributed by atoms with van der Waals surface area (Å²) in [6.45, 7) is 4.86. The van der Waals surface area contributed by atoms with Gasteiger partial charge in [0, 0.05) is 36.3 Å². The Bertz CT molecular complexity index is 666. The molecule has 3 heteroatoms. The van der Waals surface area contributed by atoms with Crippen LogP contribution >= 0.6 is 0 Å². The number of carbonyl (C=O) groups excluding carboxylic acids is 1. The zero-order valence-electron chi connectivity index (χ0n) is 11.4. The average Bonchev–Trinajstić information content (AvgIpc) is 2.89. The summed E-state index contributed by atoms with van der Waals surface area (Å²) in [6, 6.07) is 6.44. The molecule has 0 radical (unpaired) electrons. The average molecular weight is 254 g/mol. The van der Waals surface area contributed by atoms with Gasteiger partial charge in [-0.3, -0.25) is 4.79 Å². The molecule has 0 aliphatic carbocycles. The highest BCUT2D eigenvalue weighted by Gasteiger charge is 2.18. The number of aromatic nitrogens is 1. The standard InChI is InChI=1S/C16H18N2O/c1-11-3-4-14-13(9-17-15(14)7-11)5-6-18-10-12(2)8-16(18)19/h3-4,7,9-10,17H,5-6,8H2,1-2H3. The number of nitrogens with zero attached hydrogens (tertiary/aromatic N) is 1. The third kappa shape index (κ3) is 2.28. The van der Waals surface area contributed by atoms with E-state index in [4.69, 9.17) is 0 Å². The first kappa shape index (κ1) is 12.0. The molecule has 0 unspecified atom stereocenters. The number of aromatic amines is 1. The Kier molecular flexibility index (Phi) is 2.90. The van der Waals surface area contributed by atoms with Crippen LogP contribution in [-0.4, -0.2) is 22.3 Å². The molecule has 0 fully saturated rings. The molecule has 98 valence electrons. The van der Waals surface area contributed by atoms with Gasteiger partial charge in [-0.1, -0.05) is 12.1 Å². The minimum atomic E-state index is 0.216. The van der Waals surface area contributed by atoms with Crippen molar-refractivity contribution < 1.29 is 4.79 Å². The topological polar surface area (TPSA) is 36.1 Å². The van der Waals surface area contributed by atoms with Gasteiger partial charge in [0.1, 0.15) is 0 Å². The maximum absolute atomic E-state index is 11.7. The highest BCUT2D eigenvalue weighted by Crippen LogP contribution is 2.21. The van der Waals surface area contributed by atoms with E-state index < -0.39 is 0 Å². The Morgan fingerprint density at radius 3 is 2.89 bits per heavy atom. The van der Waals surface area contributed by atoms with Crippen LogP contribution in [0.25, 0.3) is 10.9 Å². The highest BCUT2D eigenvalue weighted by molar-refractivity contribution is 5.84. The molecule has 1 aromatic heterocycles. The minimum Gasteiger partial charge on any atom is -0.361 e. The molecule has 2 aromatic rings. The van der Waals surface area contributed by atoms with Crippen LogP contribution in [0.4, 0.5) is 0 Å². The Balaban J connectivity index is 1.77. The van der Waals surface area contributed by atoms with Gasteiger partial charge in [0.25, 0.3) is 0 Å². The molecule has 0 atom stereocenters. The van der Waals surface area contributed by atoms with Crippen molar-refractivity contribution in [3.8, 4) is 0 Å². The van der Waals surface area contributed by atoms with Crippen LogP contribution in [0.3, 0.4) is 0 Å². The molecule has 3 nitrogen and oxygen atoms in total. The molecule has 3 rings (SSSR count). The molecule has 19 heavy (non-hydrogen) atoms. The molecule has 0 spiro atoms. The Labute approximate surface area is 112 Å². The quantitative estimate of drug-likeness (QED) is 0.897. The van der Waals surface area contributed by atoms with Crippen LogP contribution in [0, 0.1) is 6.92 Å². The first-order valence-electron chi connectivity index (χ1n) is 6.67. The Morgan fingerprint density at radius 2 is 2.16 bits per heavy atom. The van der Waals surface area contributed by atoms with Crippen LogP contribution in [-0.2, 0) is 11.2 Å². The maximum atomic E-state index is 11.7. The number of amides is 1. The molecule has 1 N–H and O–H groups in total. The predicted octanol–water partition coefficient (Wildman–Crippen LogP) is 3.15. The van der Waals surface area contributed by atoms with E-state index in [2.05, 4.69) is 36.3 Å². The lowest BCUT2D eigenvalue weighted by Gasteiger charge is -2.12. The molecule has 0 saturated heterocycles. The smallest absolute Gasteiger partial charge is 0.230 e. The van der Waals surface area contributed by atoms with Crippen LogP contribution in [0.5, 0.6) is 0 Å². The molecule has 1 aromatic carbocycles. The minimum absolute atomic E-state index is 0.216. The van der Waals surface area contributed by atoms with Crippen molar-refractivity contribution in [3.05, 3.63) is 47.3 Å². The van der Waals surface area contributed by atoms with Gasteiger partial charge in [-0.2, -0.15) is 0 Å². The van der Waals surface area contributed by atoms with Crippen LogP contribution in [0.15, 0.2) is 36.2 Å². The predicted molar refractivity (Wildman–Crippen MR) is 76.8 cm³/mol. The second-order valence-electron chi connectivity index (χ2n) is 5.35. The van der Waals surface area contributed by atoms with Crippen LogP contribution < -0.4 is 0 Å². The van der Waals surface area contributed by atoms with E-state index in [0.29, 0.717) is 6.42 Å². The fourth-order valence-electron chi connectivity index (χ4n) is 2.66. The number of H-pyrrole nitrogens is 1. The first-order valence-corrected chi connectivity index (χ1v) is 6.67. The van der Waals surface area contributed by atoms with Gasteiger partial charge in [-0.15, -0.1) is 0 Å². The molecule has 1 aliphatic heterocycles. The van der Waals surface area contributed by atoms with Crippen molar-refractivity contribution in [3.63, 3.8) is 0 Å². The lowest BCUT2D eigenvalue weighted by atomic mass is 10.1. The third-order valence-corrected chi connectivity index (χ3v) is 3.67. The lowest BCUT2D eigenvalue weighted by Crippen LogP contribution is -2.23. The number of nitrogens with one attached hydrogen (secondary N) is 1. The van der Waals surface area contributed by atoms with E-state index in [1.54, 1.807) is 0 Å². The number of hydrogen-bond acceptors (Lipinski definition) is 1. The van der Waals surface area contributed by atoms with E-state index in [1.165, 1.54) is 22.0 Å². The summed E-state index contributed by atoms with van der Waals surface area (Å²) < 4.78 is 0. The Hall–Kier alpha value is -2.03. The van der Waals surface area contributed by atoms with Gasteiger partial charge in [-0.05, 0) is 43.0 Å². The zero-order chi connectivity index (χ0) is 13.4. The molecule has 1 amide bonds. The highest BCUT2D eigenvalue weighted by atomic mass is 16.2. The second-order valence-corrected chi connectivity index (χ2v) is 5.35. The van der Waals surface area contributed by atoms with Gasteiger partial charge in [0.2, 0.25) is 5.91 Å². The SMILES string of the molecule is CC1=CN(CCc2c[nH]c3cc(C)ccc23)C(=O)C1. The first-order chi connectivity index (χ1) is 9.13. The van der Waals surface area contributed by atoms with E-state index in [-0.39, 0.29) is 5.91 Å². The molecule has 1 aliphatic rings.